The van der Waals surface area contributed by atoms with Crippen molar-refractivity contribution in [2.45, 2.75) is 31.4 Å². The number of nitrogens with zero attached hydrogens (tertiary/aromatic N) is 1. The standard InChI is InChI=1S/C10H18N2O3S/c1-10(2)9(13)12(16(10,14)15)6-4-8-3-5-11-7-8/h8,11H,3-7H2,1-2H3. The number of hydrogen-bond donors (Lipinski definition) is 1. The van der Waals surface area contributed by atoms with Gasteiger partial charge in [-0.25, -0.2) is 12.7 Å². The minimum absolute atomic E-state index is 0.265. The molecule has 1 unspecified atom stereocenters. The SMILES string of the molecule is CC1(C)C(=O)N(CCC2CCNC2)S1(=O)=O. The second kappa shape index (κ2) is 3.70. The molecule has 0 aromatic carbocycles. The molecule has 0 bridgehead atoms. The van der Waals surface area contributed by atoms with Gasteiger partial charge in [-0.1, -0.05) is 0 Å². The van der Waals surface area contributed by atoms with Gasteiger partial charge in [-0.15, -0.1) is 0 Å². The Balaban J connectivity index is 1.94. The fourth-order valence-corrected chi connectivity index (χ4v) is 3.78. The number of sulfonamides is 1. The Bertz CT molecular complexity index is 396. The Hall–Kier alpha value is -0.620. The summed E-state index contributed by atoms with van der Waals surface area (Å²) in [6.45, 7) is 5.22. The zero-order valence-electron chi connectivity index (χ0n) is 9.69. The lowest BCUT2D eigenvalue weighted by molar-refractivity contribution is -0.132. The van der Waals surface area contributed by atoms with Crippen LogP contribution in [0.4, 0.5) is 0 Å². The molecule has 2 aliphatic heterocycles. The lowest BCUT2D eigenvalue weighted by atomic mass is 10.0. The maximum absolute atomic E-state index is 11.8. The third-order valence-corrected chi connectivity index (χ3v) is 5.97. The molecule has 0 aromatic rings. The summed E-state index contributed by atoms with van der Waals surface area (Å²) < 4.78 is 23.4. The number of carbonyl (C=O) groups excluding carboxylic acids is 1. The lowest BCUT2D eigenvalue weighted by Crippen LogP contribution is -2.67. The minimum atomic E-state index is -3.38. The van der Waals surface area contributed by atoms with Crippen molar-refractivity contribution in [3.05, 3.63) is 0 Å². The predicted octanol–water partition coefficient (Wildman–Crippen LogP) is -0.0634. The van der Waals surface area contributed by atoms with Crippen molar-refractivity contribution in [3.8, 4) is 0 Å². The fourth-order valence-electron chi connectivity index (χ4n) is 2.24. The maximum atomic E-state index is 11.8. The van der Waals surface area contributed by atoms with Crippen LogP contribution < -0.4 is 5.32 Å². The summed E-state index contributed by atoms with van der Waals surface area (Å²) >= 11 is 0. The van der Waals surface area contributed by atoms with Crippen LogP contribution in [0.1, 0.15) is 26.7 Å². The summed E-state index contributed by atoms with van der Waals surface area (Å²) in [5, 5.41) is 3.23. The van der Waals surface area contributed by atoms with Gasteiger partial charge in [0, 0.05) is 6.54 Å². The highest BCUT2D eigenvalue weighted by Gasteiger charge is 2.59. The molecule has 0 aliphatic carbocycles. The monoisotopic (exact) mass is 246 g/mol. The number of carbonyl (C=O) groups is 1. The van der Waals surface area contributed by atoms with Gasteiger partial charge in [0.15, 0.2) is 4.75 Å². The molecule has 2 aliphatic rings. The van der Waals surface area contributed by atoms with E-state index in [-0.39, 0.29) is 5.91 Å². The zero-order chi connectivity index (χ0) is 12.0. The van der Waals surface area contributed by atoms with Crippen molar-refractivity contribution in [2.24, 2.45) is 5.92 Å². The van der Waals surface area contributed by atoms with Crippen molar-refractivity contribution >= 4 is 15.9 Å². The number of rotatable bonds is 3. The summed E-state index contributed by atoms with van der Waals surface area (Å²) in [6, 6.07) is 0. The molecule has 92 valence electrons. The largest absolute Gasteiger partial charge is 0.316 e. The Morgan fingerprint density at radius 1 is 1.50 bits per heavy atom. The molecular weight excluding hydrogens is 228 g/mol. The minimum Gasteiger partial charge on any atom is -0.316 e. The van der Waals surface area contributed by atoms with E-state index in [2.05, 4.69) is 5.32 Å². The summed E-state index contributed by atoms with van der Waals surface area (Å²) in [7, 11) is -3.38. The topological polar surface area (TPSA) is 66.5 Å². The average molecular weight is 246 g/mol. The van der Waals surface area contributed by atoms with Gasteiger partial charge in [0.25, 0.3) is 15.9 Å². The molecule has 2 rings (SSSR count). The van der Waals surface area contributed by atoms with Crippen LogP contribution in [0.3, 0.4) is 0 Å². The highest BCUT2D eigenvalue weighted by molar-refractivity contribution is 7.94. The second-order valence-corrected chi connectivity index (χ2v) is 7.45. The summed E-state index contributed by atoms with van der Waals surface area (Å²) in [5.74, 6) is 0.241. The van der Waals surface area contributed by atoms with Crippen LogP contribution in [-0.2, 0) is 14.8 Å². The first-order chi connectivity index (χ1) is 7.37. The molecule has 2 saturated heterocycles. The van der Waals surface area contributed by atoms with E-state index in [9.17, 15) is 13.2 Å². The summed E-state index contributed by atoms with van der Waals surface area (Å²) in [6.07, 6.45) is 1.85. The van der Waals surface area contributed by atoms with Crippen LogP contribution >= 0.6 is 0 Å². The van der Waals surface area contributed by atoms with Crippen molar-refractivity contribution in [2.75, 3.05) is 19.6 Å². The van der Waals surface area contributed by atoms with Gasteiger partial charge in [0.05, 0.1) is 0 Å². The number of nitrogens with one attached hydrogen (secondary N) is 1. The molecule has 1 N–H and O–H groups in total. The molecule has 2 fully saturated rings. The first kappa shape index (κ1) is 11.9. The van der Waals surface area contributed by atoms with E-state index in [4.69, 9.17) is 0 Å². The van der Waals surface area contributed by atoms with Crippen LogP contribution in [0.5, 0.6) is 0 Å². The molecule has 0 saturated carbocycles. The highest BCUT2D eigenvalue weighted by atomic mass is 32.2. The van der Waals surface area contributed by atoms with E-state index in [0.717, 1.165) is 30.2 Å². The Morgan fingerprint density at radius 3 is 2.69 bits per heavy atom. The fraction of sp³-hybridized carbons (Fsp3) is 0.900. The van der Waals surface area contributed by atoms with Crippen LogP contribution in [0.25, 0.3) is 0 Å². The summed E-state index contributed by atoms with van der Waals surface area (Å²) in [5.41, 5.74) is 0. The second-order valence-electron chi connectivity index (χ2n) is 5.04. The van der Waals surface area contributed by atoms with Crippen LogP contribution in [-0.4, -0.2) is 43.0 Å². The smallest absolute Gasteiger partial charge is 0.258 e. The van der Waals surface area contributed by atoms with Gasteiger partial charge in [0.1, 0.15) is 0 Å². The average Bonchev–Trinajstić information content (AvgIpc) is 2.69. The third-order valence-electron chi connectivity index (χ3n) is 3.58. The van der Waals surface area contributed by atoms with Crippen molar-refractivity contribution in [3.63, 3.8) is 0 Å². The molecule has 0 aromatic heterocycles. The van der Waals surface area contributed by atoms with Gasteiger partial charge in [-0.05, 0) is 45.7 Å². The predicted molar refractivity (Wildman–Crippen MR) is 60.3 cm³/mol. The molecule has 1 amide bonds. The lowest BCUT2D eigenvalue weighted by Gasteiger charge is -2.43. The zero-order valence-corrected chi connectivity index (χ0v) is 10.5. The van der Waals surface area contributed by atoms with Gasteiger partial charge >= 0.3 is 0 Å². The van der Waals surface area contributed by atoms with Crippen molar-refractivity contribution < 1.29 is 13.2 Å². The Morgan fingerprint density at radius 2 is 2.19 bits per heavy atom. The van der Waals surface area contributed by atoms with E-state index in [1.54, 1.807) is 0 Å². The molecule has 5 nitrogen and oxygen atoms in total. The van der Waals surface area contributed by atoms with Crippen LogP contribution in [0.15, 0.2) is 0 Å². The van der Waals surface area contributed by atoms with Crippen molar-refractivity contribution in [1.82, 2.24) is 9.62 Å². The quantitative estimate of drug-likeness (QED) is 0.757. The highest BCUT2D eigenvalue weighted by Crippen LogP contribution is 2.35. The number of amides is 1. The first-order valence-corrected chi connectivity index (χ1v) is 7.09. The van der Waals surface area contributed by atoms with Gasteiger partial charge in [-0.3, -0.25) is 4.79 Å². The van der Waals surface area contributed by atoms with E-state index in [1.807, 2.05) is 0 Å². The normalized spacial score (nSPS) is 31.5. The first-order valence-electron chi connectivity index (χ1n) is 5.65. The molecule has 16 heavy (non-hydrogen) atoms. The molecule has 0 radical (unpaired) electrons. The van der Waals surface area contributed by atoms with Crippen molar-refractivity contribution in [1.29, 1.82) is 0 Å². The van der Waals surface area contributed by atoms with E-state index >= 15 is 0 Å². The molecule has 1 atom stereocenters. The Labute approximate surface area is 96.2 Å². The maximum Gasteiger partial charge on any atom is 0.258 e. The van der Waals surface area contributed by atoms with Crippen LogP contribution in [0, 0.1) is 5.92 Å². The van der Waals surface area contributed by atoms with E-state index < -0.39 is 14.8 Å². The van der Waals surface area contributed by atoms with E-state index in [0.29, 0.717) is 12.5 Å². The molecular formula is C10H18N2O3S. The van der Waals surface area contributed by atoms with Gasteiger partial charge in [-0.2, -0.15) is 0 Å². The third kappa shape index (κ3) is 1.55. The van der Waals surface area contributed by atoms with Gasteiger partial charge < -0.3 is 5.32 Å². The molecule has 2 heterocycles. The summed E-state index contributed by atoms with van der Waals surface area (Å²) in [4.78, 5) is 11.6. The number of hydrogen-bond acceptors (Lipinski definition) is 4. The Kier molecular flexibility index (Phi) is 2.74. The molecule has 0 spiro atoms. The van der Waals surface area contributed by atoms with E-state index in [1.165, 1.54) is 13.8 Å². The molecule has 6 heteroatoms. The van der Waals surface area contributed by atoms with Crippen LogP contribution in [0.2, 0.25) is 0 Å². The van der Waals surface area contributed by atoms with Gasteiger partial charge in [0.2, 0.25) is 0 Å².